The lowest BCUT2D eigenvalue weighted by Crippen LogP contribution is -2.33. The van der Waals surface area contributed by atoms with Crippen LogP contribution in [0.5, 0.6) is 0 Å². The molecule has 0 atom stereocenters. The lowest BCUT2D eigenvalue weighted by Gasteiger charge is -2.19. The molecule has 0 fully saturated rings. The molecule has 1 aliphatic rings. The molecule has 0 spiro atoms. The molecule has 0 radical (unpaired) electrons. The maximum absolute atomic E-state index is 5.33. The topological polar surface area (TPSA) is 50.1 Å². The van der Waals surface area contributed by atoms with E-state index < -0.39 is 0 Å². The molecular formula is C7H15N3. The number of nitrogens with two attached hydrogens (primary N) is 1. The fraction of sp³-hybridized carbons (Fsp3) is 0.714. The van der Waals surface area contributed by atoms with E-state index in [4.69, 9.17) is 5.84 Å². The highest BCUT2D eigenvalue weighted by atomic mass is 15.2. The molecule has 58 valence electrons. The van der Waals surface area contributed by atoms with Gasteiger partial charge in [0.1, 0.15) is 0 Å². The van der Waals surface area contributed by atoms with E-state index in [1.807, 2.05) is 0 Å². The van der Waals surface area contributed by atoms with Crippen LogP contribution in [0.4, 0.5) is 0 Å². The first-order valence-electron chi connectivity index (χ1n) is 3.76. The van der Waals surface area contributed by atoms with Crippen molar-refractivity contribution >= 4 is 0 Å². The Kier molecular flexibility index (Phi) is 2.71. The molecule has 0 saturated heterocycles. The van der Waals surface area contributed by atoms with Crippen molar-refractivity contribution in [3.8, 4) is 0 Å². The van der Waals surface area contributed by atoms with Crippen LogP contribution in [0.25, 0.3) is 0 Å². The summed E-state index contributed by atoms with van der Waals surface area (Å²) in [6.07, 6.45) is 2.13. The van der Waals surface area contributed by atoms with Crippen molar-refractivity contribution in [2.24, 2.45) is 5.84 Å². The molecule has 0 aromatic rings. The summed E-state index contributed by atoms with van der Waals surface area (Å²) in [6.45, 7) is 4.19. The van der Waals surface area contributed by atoms with E-state index in [-0.39, 0.29) is 0 Å². The van der Waals surface area contributed by atoms with Crippen LogP contribution >= 0.6 is 0 Å². The van der Waals surface area contributed by atoms with Gasteiger partial charge in [0.25, 0.3) is 0 Å². The van der Waals surface area contributed by atoms with Gasteiger partial charge in [-0.2, -0.15) is 0 Å². The normalized spacial score (nSPS) is 19.4. The Balaban J connectivity index is 2.63. The Morgan fingerprint density at radius 3 is 3.00 bits per heavy atom. The van der Waals surface area contributed by atoms with Crippen LogP contribution in [0.1, 0.15) is 19.8 Å². The van der Waals surface area contributed by atoms with Crippen LogP contribution in [0.3, 0.4) is 0 Å². The molecule has 3 heteroatoms. The van der Waals surface area contributed by atoms with Gasteiger partial charge in [0.15, 0.2) is 0 Å². The minimum Gasteiger partial charge on any atom is -0.328 e. The van der Waals surface area contributed by atoms with Crippen molar-refractivity contribution in [3.63, 3.8) is 0 Å². The highest BCUT2D eigenvalue weighted by Crippen LogP contribution is 2.10. The number of hydrogen-bond donors (Lipinski definition) is 3. The van der Waals surface area contributed by atoms with Crippen LogP contribution < -0.4 is 16.6 Å². The van der Waals surface area contributed by atoms with Crippen molar-refractivity contribution in [2.45, 2.75) is 19.8 Å². The smallest absolute Gasteiger partial charge is 0.0276 e. The molecule has 0 aromatic heterocycles. The minimum absolute atomic E-state index is 0.996. The largest absolute Gasteiger partial charge is 0.328 e. The molecule has 10 heavy (non-hydrogen) atoms. The molecular weight excluding hydrogens is 126 g/mol. The monoisotopic (exact) mass is 141 g/mol. The van der Waals surface area contributed by atoms with E-state index in [2.05, 4.69) is 17.7 Å². The van der Waals surface area contributed by atoms with Gasteiger partial charge in [-0.3, -0.25) is 5.84 Å². The van der Waals surface area contributed by atoms with E-state index in [9.17, 15) is 0 Å². The highest BCUT2D eigenvalue weighted by Gasteiger charge is 2.08. The second-order valence-corrected chi connectivity index (χ2v) is 2.51. The number of rotatable bonds is 2. The van der Waals surface area contributed by atoms with Gasteiger partial charge in [-0.15, -0.1) is 0 Å². The zero-order valence-electron chi connectivity index (χ0n) is 6.41. The van der Waals surface area contributed by atoms with Crippen LogP contribution in [-0.2, 0) is 0 Å². The Hall–Kier alpha value is -0.540. The first-order chi connectivity index (χ1) is 4.88. The minimum atomic E-state index is 0.996. The maximum atomic E-state index is 5.33. The lowest BCUT2D eigenvalue weighted by molar-refractivity contribution is 0.619. The third-order valence-electron chi connectivity index (χ3n) is 1.92. The average molecular weight is 141 g/mol. The van der Waals surface area contributed by atoms with E-state index in [0.29, 0.717) is 0 Å². The van der Waals surface area contributed by atoms with Gasteiger partial charge >= 0.3 is 0 Å². The third kappa shape index (κ3) is 1.49. The number of hydrogen-bond acceptors (Lipinski definition) is 3. The Morgan fingerprint density at radius 1 is 1.70 bits per heavy atom. The summed E-state index contributed by atoms with van der Waals surface area (Å²) in [5.41, 5.74) is 5.38. The van der Waals surface area contributed by atoms with Gasteiger partial charge in [-0.1, -0.05) is 6.92 Å². The Labute approximate surface area is 61.6 Å². The molecule has 4 N–H and O–H groups in total. The molecule has 0 amide bonds. The molecule has 1 aliphatic heterocycles. The van der Waals surface area contributed by atoms with Gasteiger partial charge in [0.2, 0.25) is 0 Å². The summed E-state index contributed by atoms with van der Waals surface area (Å²) in [7, 11) is 0. The van der Waals surface area contributed by atoms with Gasteiger partial charge in [-0.05, 0) is 12.0 Å². The molecule has 3 nitrogen and oxygen atoms in total. The first kappa shape index (κ1) is 7.57. The van der Waals surface area contributed by atoms with Crippen LogP contribution in [-0.4, -0.2) is 13.1 Å². The maximum Gasteiger partial charge on any atom is 0.0276 e. The summed E-state index contributed by atoms with van der Waals surface area (Å²) in [6, 6.07) is 0. The van der Waals surface area contributed by atoms with E-state index in [1.54, 1.807) is 0 Å². The van der Waals surface area contributed by atoms with Crippen molar-refractivity contribution in [2.75, 3.05) is 13.1 Å². The fourth-order valence-electron chi connectivity index (χ4n) is 1.25. The quantitative estimate of drug-likeness (QED) is 0.378. The van der Waals surface area contributed by atoms with Gasteiger partial charge < -0.3 is 10.7 Å². The molecule has 0 bridgehead atoms. The molecule has 1 rings (SSSR count). The number of hydrazine groups is 1. The van der Waals surface area contributed by atoms with Gasteiger partial charge in [-0.25, -0.2) is 0 Å². The SMILES string of the molecule is CCC1=C(NN)CCNC1. The molecule has 0 aliphatic carbocycles. The Bertz CT molecular complexity index is 124. The van der Waals surface area contributed by atoms with E-state index in [1.165, 1.54) is 11.3 Å². The Morgan fingerprint density at radius 2 is 2.50 bits per heavy atom. The third-order valence-corrected chi connectivity index (χ3v) is 1.92. The van der Waals surface area contributed by atoms with E-state index >= 15 is 0 Å². The van der Waals surface area contributed by atoms with Crippen LogP contribution in [0, 0.1) is 0 Å². The van der Waals surface area contributed by atoms with Crippen molar-refractivity contribution in [1.82, 2.24) is 10.7 Å². The van der Waals surface area contributed by atoms with Crippen LogP contribution in [0.15, 0.2) is 11.3 Å². The molecule has 0 unspecified atom stereocenters. The predicted octanol–water partition coefficient (Wildman–Crippen LogP) is 0.107. The van der Waals surface area contributed by atoms with Crippen LogP contribution in [0.2, 0.25) is 0 Å². The lowest BCUT2D eigenvalue weighted by atomic mass is 10.1. The first-order valence-corrected chi connectivity index (χ1v) is 3.76. The zero-order chi connectivity index (χ0) is 7.40. The van der Waals surface area contributed by atoms with Crippen molar-refractivity contribution in [3.05, 3.63) is 11.3 Å². The zero-order valence-corrected chi connectivity index (χ0v) is 6.41. The highest BCUT2D eigenvalue weighted by molar-refractivity contribution is 5.16. The summed E-state index contributed by atoms with van der Waals surface area (Å²) in [4.78, 5) is 0. The second kappa shape index (κ2) is 3.58. The standard InChI is InChI=1S/C7H15N3/c1-2-6-5-9-4-3-7(6)10-8/h9-10H,2-5,8H2,1H3. The number of nitrogens with one attached hydrogen (secondary N) is 2. The van der Waals surface area contributed by atoms with Crippen molar-refractivity contribution < 1.29 is 0 Å². The summed E-state index contributed by atoms with van der Waals surface area (Å²) >= 11 is 0. The van der Waals surface area contributed by atoms with Crippen molar-refractivity contribution in [1.29, 1.82) is 0 Å². The average Bonchev–Trinajstić information content (AvgIpc) is 2.04. The molecule has 0 saturated carbocycles. The summed E-state index contributed by atoms with van der Waals surface area (Å²) in [5, 5.41) is 3.30. The summed E-state index contributed by atoms with van der Waals surface area (Å²) < 4.78 is 0. The van der Waals surface area contributed by atoms with E-state index in [0.717, 1.165) is 25.9 Å². The van der Waals surface area contributed by atoms with Gasteiger partial charge in [0, 0.05) is 25.2 Å². The summed E-state index contributed by atoms with van der Waals surface area (Å²) in [5.74, 6) is 5.33. The van der Waals surface area contributed by atoms with Gasteiger partial charge in [0.05, 0.1) is 0 Å². The fourth-order valence-corrected chi connectivity index (χ4v) is 1.25. The second-order valence-electron chi connectivity index (χ2n) is 2.51. The predicted molar refractivity (Wildman–Crippen MR) is 42.1 cm³/mol. The molecule has 1 heterocycles. The molecule has 0 aromatic carbocycles.